The largest absolute Gasteiger partial charge is 0.340 e. The second-order valence-electron chi connectivity index (χ2n) is 5.11. The van der Waals surface area contributed by atoms with E-state index in [-0.39, 0.29) is 36.1 Å². The Morgan fingerprint density at radius 1 is 1.42 bits per heavy atom. The average Bonchev–Trinajstić information content (AvgIpc) is 2.73. The number of likely N-dealkylation sites (N-methyl/N-ethyl adjacent to an activating group) is 2. The standard InChI is InChI=1S/C12H21N3OS.2ClH/c1-12(2,3)11-14-8-9(17-11)10(16)15(5)7-6-13-4;;/h8,13H,6-7H2,1-5H3;2*1H. The van der Waals surface area contributed by atoms with Crippen LogP contribution < -0.4 is 5.32 Å². The lowest BCUT2D eigenvalue weighted by atomic mass is 9.98. The first kappa shape index (κ1) is 20.9. The summed E-state index contributed by atoms with van der Waals surface area (Å²) < 4.78 is 0. The highest BCUT2D eigenvalue weighted by Gasteiger charge is 2.21. The van der Waals surface area contributed by atoms with E-state index in [0.29, 0.717) is 11.4 Å². The molecule has 1 rings (SSSR count). The molecule has 19 heavy (non-hydrogen) atoms. The van der Waals surface area contributed by atoms with Crippen LogP contribution in [0.15, 0.2) is 6.20 Å². The number of hydrogen-bond donors (Lipinski definition) is 1. The molecule has 4 nitrogen and oxygen atoms in total. The van der Waals surface area contributed by atoms with E-state index >= 15 is 0 Å². The van der Waals surface area contributed by atoms with E-state index in [9.17, 15) is 4.79 Å². The van der Waals surface area contributed by atoms with Crippen LogP contribution in [0.4, 0.5) is 0 Å². The number of rotatable bonds is 4. The molecule has 112 valence electrons. The predicted octanol–water partition coefficient (Wildman–Crippen LogP) is 2.58. The molecule has 7 heteroatoms. The number of nitrogens with zero attached hydrogens (tertiary/aromatic N) is 2. The molecule has 0 atom stereocenters. The van der Waals surface area contributed by atoms with Gasteiger partial charge in [0.25, 0.3) is 5.91 Å². The second kappa shape index (κ2) is 8.74. The van der Waals surface area contributed by atoms with Crippen LogP contribution in [0.5, 0.6) is 0 Å². The molecule has 1 amide bonds. The maximum absolute atomic E-state index is 12.1. The van der Waals surface area contributed by atoms with Gasteiger partial charge in [-0.3, -0.25) is 4.79 Å². The van der Waals surface area contributed by atoms with Gasteiger partial charge < -0.3 is 10.2 Å². The third-order valence-electron chi connectivity index (χ3n) is 2.40. The van der Waals surface area contributed by atoms with Crippen LogP contribution in [0, 0.1) is 0 Å². The fourth-order valence-corrected chi connectivity index (χ4v) is 2.26. The zero-order valence-corrected chi connectivity index (χ0v) is 14.5. The van der Waals surface area contributed by atoms with Crippen LogP contribution in [0.1, 0.15) is 35.5 Å². The predicted molar refractivity (Wildman–Crippen MR) is 86.2 cm³/mol. The summed E-state index contributed by atoms with van der Waals surface area (Å²) in [5, 5.41) is 4.03. The number of amides is 1. The summed E-state index contributed by atoms with van der Waals surface area (Å²) in [5.74, 6) is 0.0493. The monoisotopic (exact) mass is 327 g/mol. The summed E-state index contributed by atoms with van der Waals surface area (Å²) in [6, 6.07) is 0. The highest BCUT2D eigenvalue weighted by Crippen LogP contribution is 2.27. The molecule has 1 aromatic heterocycles. The highest BCUT2D eigenvalue weighted by atomic mass is 35.5. The second-order valence-corrected chi connectivity index (χ2v) is 6.14. The van der Waals surface area contributed by atoms with Crippen molar-refractivity contribution in [1.82, 2.24) is 15.2 Å². The Kier molecular flexibility index (Phi) is 9.64. The Morgan fingerprint density at radius 2 is 2.00 bits per heavy atom. The number of thiazole rings is 1. The van der Waals surface area contributed by atoms with Gasteiger partial charge in [-0.25, -0.2) is 4.98 Å². The molecule has 0 fully saturated rings. The fraction of sp³-hybridized carbons (Fsp3) is 0.667. The third kappa shape index (κ3) is 6.08. The number of aromatic nitrogens is 1. The minimum atomic E-state index is 0. The summed E-state index contributed by atoms with van der Waals surface area (Å²) in [6.07, 6.45) is 1.68. The van der Waals surface area contributed by atoms with Gasteiger partial charge in [0.05, 0.1) is 11.2 Å². The Bertz CT molecular complexity index is 391. The first-order chi connectivity index (χ1) is 7.86. The van der Waals surface area contributed by atoms with Gasteiger partial charge in [-0.15, -0.1) is 36.2 Å². The van der Waals surface area contributed by atoms with E-state index in [1.807, 2.05) is 14.1 Å². The van der Waals surface area contributed by atoms with Crippen molar-refractivity contribution in [2.45, 2.75) is 26.2 Å². The van der Waals surface area contributed by atoms with Crippen molar-refractivity contribution in [3.63, 3.8) is 0 Å². The molecule has 1 heterocycles. The van der Waals surface area contributed by atoms with Crippen molar-refractivity contribution in [2.24, 2.45) is 0 Å². The van der Waals surface area contributed by atoms with Gasteiger partial charge in [-0.05, 0) is 7.05 Å². The number of hydrogen-bond acceptors (Lipinski definition) is 4. The summed E-state index contributed by atoms with van der Waals surface area (Å²) in [5.41, 5.74) is 0.00669. The van der Waals surface area contributed by atoms with Gasteiger partial charge in [-0.2, -0.15) is 0 Å². The van der Waals surface area contributed by atoms with E-state index in [1.165, 1.54) is 11.3 Å². The zero-order valence-electron chi connectivity index (χ0n) is 12.0. The van der Waals surface area contributed by atoms with Crippen molar-refractivity contribution in [1.29, 1.82) is 0 Å². The van der Waals surface area contributed by atoms with Gasteiger partial charge in [0.2, 0.25) is 0 Å². The molecule has 0 aliphatic heterocycles. The lowest BCUT2D eigenvalue weighted by Gasteiger charge is -2.16. The number of carbonyl (C=O) groups excluding carboxylic acids is 1. The Labute approximate surface area is 131 Å². The van der Waals surface area contributed by atoms with Crippen molar-refractivity contribution < 1.29 is 4.79 Å². The fourth-order valence-electron chi connectivity index (χ4n) is 1.29. The van der Waals surface area contributed by atoms with E-state index in [4.69, 9.17) is 0 Å². The van der Waals surface area contributed by atoms with Crippen LogP contribution in [-0.4, -0.2) is 43.0 Å². The molecule has 0 spiro atoms. The molecule has 0 radical (unpaired) electrons. The molecule has 1 aromatic rings. The molecule has 0 saturated heterocycles. The van der Waals surface area contributed by atoms with Gasteiger partial charge in [0.1, 0.15) is 4.88 Å². The highest BCUT2D eigenvalue weighted by molar-refractivity contribution is 7.13. The Balaban J connectivity index is 0. The van der Waals surface area contributed by atoms with Gasteiger partial charge >= 0.3 is 0 Å². The zero-order chi connectivity index (χ0) is 13.1. The summed E-state index contributed by atoms with van der Waals surface area (Å²) in [4.78, 5) is 18.8. The molecule has 0 unspecified atom stereocenters. The minimum absolute atomic E-state index is 0. The SMILES string of the molecule is CNCCN(C)C(=O)c1cnc(C(C)(C)C)s1.Cl.Cl. The van der Waals surface area contributed by atoms with E-state index < -0.39 is 0 Å². The van der Waals surface area contributed by atoms with Crippen LogP contribution in [-0.2, 0) is 5.41 Å². The number of nitrogens with one attached hydrogen (secondary N) is 1. The molecular formula is C12H23Cl2N3OS. The first-order valence-corrected chi connectivity index (χ1v) is 6.54. The molecule has 1 N–H and O–H groups in total. The smallest absolute Gasteiger partial charge is 0.265 e. The molecule has 0 aromatic carbocycles. The van der Waals surface area contributed by atoms with Crippen LogP contribution in [0.3, 0.4) is 0 Å². The topological polar surface area (TPSA) is 45.2 Å². The van der Waals surface area contributed by atoms with Crippen molar-refractivity contribution in [3.8, 4) is 0 Å². The van der Waals surface area contributed by atoms with Crippen molar-refractivity contribution >= 4 is 42.1 Å². The maximum Gasteiger partial charge on any atom is 0.265 e. The summed E-state index contributed by atoms with van der Waals surface area (Å²) in [6.45, 7) is 7.81. The number of carbonyl (C=O) groups is 1. The van der Waals surface area contributed by atoms with E-state index in [1.54, 1.807) is 11.1 Å². The Hall–Kier alpha value is -0.360. The van der Waals surface area contributed by atoms with Gasteiger partial charge in [0.15, 0.2) is 0 Å². The lowest BCUT2D eigenvalue weighted by Crippen LogP contribution is -2.32. The van der Waals surface area contributed by atoms with Gasteiger partial charge in [-0.1, -0.05) is 20.8 Å². The van der Waals surface area contributed by atoms with Crippen LogP contribution in [0.2, 0.25) is 0 Å². The summed E-state index contributed by atoms with van der Waals surface area (Å²) >= 11 is 1.49. The normalized spacial score (nSPS) is 10.4. The lowest BCUT2D eigenvalue weighted by molar-refractivity contribution is 0.0801. The first-order valence-electron chi connectivity index (χ1n) is 5.72. The maximum atomic E-state index is 12.1. The van der Waals surface area contributed by atoms with Crippen molar-refractivity contribution in [2.75, 3.05) is 27.2 Å². The minimum Gasteiger partial charge on any atom is -0.340 e. The average molecular weight is 328 g/mol. The Morgan fingerprint density at radius 3 is 2.42 bits per heavy atom. The summed E-state index contributed by atoms with van der Waals surface area (Å²) in [7, 11) is 3.69. The molecule has 0 aliphatic rings. The quantitative estimate of drug-likeness (QED) is 0.924. The van der Waals surface area contributed by atoms with Gasteiger partial charge in [0, 0.05) is 25.6 Å². The van der Waals surface area contributed by atoms with Crippen LogP contribution in [0.25, 0.3) is 0 Å². The molecule has 0 bridgehead atoms. The van der Waals surface area contributed by atoms with Crippen molar-refractivity contribution in [3.05, 3.63) is 16.1 Å². The number of halogens is 2. The van der Waals surface area contributed by atoms with E-state index in [0.717, 1.165) is 11.6 Å². The third-order valence-corrected chi connectivity index (χ3v) is 3.81. The van der Waals surface area contributed by atoms with E-state index in [2.05, 4.69) is 31.1 Å². The van der Waals surface area contributed by atoms with Crippen LogP contribution >= 0.6 is 36.2 Å². The molecular weight excluding hydrogens is 305 g/mol. The molecule has 0 aliphatic carbocycles. The molecule has 0 saturated carbocycles.